The Bertz CT molecular complexity index is 897. The van der Waals surface area contributed by atoms with Gasteiger partial charge < -0.3 is 19.5 Å². The highest BCUT2D eigenvalue weighted by atomic mass is 16.5. The topological polar surface area (TPSA) is 80.5 Å². The number of urea groups is 1. The van der Waals surface area contributed by atoms with Crippen LogP contribution in [0.2, 0.25) is 0 Å². The molecule has 4 rings (SSSR count). The van der Waals surface area contributed by atoms with Gasteiger partial charge in [0.05, 0.1) is 7.11 Å². The van der Waals surface area contributed by atoms with E-state index in [9.17, 15) is 4.79 Å². The molecule has 0 bridgehead atoms. The van der Waals surface area contributed by atoms with Crippen molar-refractivity contribution in [2.75, 3.05) is 20.2 Å². The van der Waals surface area contributed by atoms with Crippen molar-refractivity contribution in [1.29, 1.82) is 0 Å². The first-order valence-electron chi connectivity index (χ1n) is 9.21. The van der Waals surface area contributed by atoms with Crippen molar-refractivity contribution < 1.29 is 14.1 Å². The van der Waals surface area contributed by atoms with Crippen LogP contribution in [0.25, 0.3) is 0 Å². The lowest BCUT2D eigenvalue weighted by molar-refractivity contribution is 0.207. The molecule has 2 aromatic carbocycles. The van der Waals surface area contributed by atoms with E-state index in [-0.39, 0.29) is 17.9 Å². The molecule has 1 aromatic heterocycles. The van der Waals surface area contributed by atoms with Crippen molar-refractivity contribution in [3.8, 4) is 5.75 Å². The summed E-state index contributed by atoms with van der Waals surface area (Å²) in [6.07, 6.45) is 1.34. The van der Waals surface area contributed by atoms with Gasteiger partial charge in [0.1, 0.15) is 5.75 Å². The minimum atomic E-state index is -0.0947. The average molecular weight is 378 g/mol. The molecule has 0 spiro atoms. The Kier molecular flexibility index (Phi) is 5.23. The summed E-state index contributed by atoms with van der Waals surface area (Å²) < 4.78 is 10.1. The lowest BCUT2D eigenvalue weighted by atomic mass is 9.88. The molecule has 0 unspecified atom stereocenters. The summed E-state index contributed by atoms with van der Waals surface area (Å²) in [5, 5.41) is 7.02. The Morgan fingerprint density at radius 2 is 1.89 bits per heavy atom. The van der Waals surface area contributed by atoms with E-state index in [0.717, 1.165) is 11.3 Å². The normalized spacial score (nSPS) is 18.8. The summed E-state index contributed by atoms with van der Waals surface area (Å²) in [4.78, 5) is 18.8. The third kappa shape index (κ3) is 3.83. The summed E-state index contributed by atoms with van der Waals surface area (Å²) in [7, 11) is 1.63. The molecule has 2 amide bonds. The Hall–Kier alpha value is -3.35. The van der Waals surface area contributed by atoms with Gasteiger partial charge in [-0.2, -0.15) is 4.98 Å². The number of carbonyl (C=O) groups excluding carboxylic acids is 1. The average Bonchev–Trinajstić information content (AvgIpc) is 3.43. The smallest absolute Gasteiger partial charge is 0.317 e. The predicted molar refractivity (Wildman–Crippen MR) is 103 cm³/mol. The van der Waals surface area contributed by atoms with Crippen LogP contribution in [0.5, 0.6) is 5.75 Å². The molecule has 0 saturated carbocycles. The molecular formula is C21H22N4O3. The van der Waals surface area contributed by atoms with Crippen LogP contribution in [0.4, 0.5) is 4.79 Å². The van der Waals surface area contributed by atoms with E-state index in [0.29, 0.717) is 25.5 Å². The number of ether oxygens (including phenoxy) is 1. The predicted octanol–water partition coefficient (Wildman–Crippen LogP) is 3.17. The fourth-order valence-corrected chi connectivity index (χ4v) is 3.64. The second kappa shape index (κ2) is 8.12. The highest BCUT2D eigenvalue weighted by Gasteiger charge is 2.39. The number of hydrogen-bond donors (Lipinski definition) is 1. The Labute approximate surface area is 163 Å². The van der Waals surface area contributed by atoms with Crippen LogP contribution < -0.4 is 10.1 Å². The van der Waals surface area contributed by atoms with E-state index in [2.05, 4.69) is 27.6 Å². The fourth-order valence-electron chi connectivity index (χ4n) is 3.64. The zero-order valence-corrected chi connectivity index (χ0v) is 15.6. The third-order valence-electron chi connectivity index (χ3n) is 5.15. The number of nitrogens with zero attached hydrogens (tertiary/aromatic N) is 3. The molecular weight excluding hydrogens is 356 g/mol. The minimum Gasteiger partial charge on any atom is -0.497 e. The molecule has 2 heterocycles. The van der Waals surface area contributed by atoms with Crippen molar-refractivity contribution in [1.82, 2.24) is 20.4 Å². The number of likely N-dealkylation sites (tertiary alicyclic amines) is 1. The largest absolute Gasteiger partial charge is 0.497 e. The molecule has 1 aliphatic heterocycles. The zero-order valence-electron chi connectivity index (χ0n) is 15.6. The van der Waals surface area contributed by atoms with Gasteiger partial charge in [-0.3, -0.25) is 0 Å². The number of carbonyl (C=O) groups is 1. The number of amides is 2. The summed E-state index contributed by atoms with van der Waals surface area (Å²) in [5.41, 5.74) is 2.19. The quantitative estimate of drug-likeness (QED) is 0.738. The van der Waals surface area contributed by atoms with Crippen molar-refractivity contribution in [3.63, 3.8) is 0 Å². The Balaban J connectivity index is 1.44. The SMILES string of the molecule is COc1ccc(CNC(=O)N2C[C@H](c3ncon3)[C@H](c3ccccc3)C2)cc1. The number of aromatic nitrogens is 2. The molecule has 1 fully saturated rings. The molecule has 0 radical (unpaired) electrons. The van der Waals surface area contributed by atoms with E-state index in [1.807, 2.05) is 47.4 Å². The van der Waals surface area contributed by atoms with Crippen LogP contribution >= 0.6 is 0 Å². The van der Waals surface area contributed by atoms with Crippen LogP contribution in [0.15, 0.2) is 65.5 Å². The van der Waals surface area contributed by atoms with Crippen LogP contribution in [-0.4, -0.2) is 41.3 Å². The molecule has 1 N–H and O–H groups in total. The molecule has 28 heavy (non-hydrogen) atoms. The highest BCUT2D eigenvalue weighted by molar-refractivity contribution is 5.75. The van der Waals surface area contributed by atoms with Gasteiger partial charge in [-0.05, 0) is 23.3 Å². The second-order valence-corrected chi connectivity index (χ2v) is 6.82. The van der Waals surface area contributed by atoms with E-state index in [1.54, 1.807) is 7.11 Å². The summed E-state index contributed by atoms with van der Waals surface area (Å²) >= 11 is 0. The maximum absolute atomic E-state index is 12.8. The van der Waals surface area contributed by atoms with E-state index in [4.69, 9.17) is 9.26 Å². The number of benzene rings is 2. The number of methoxy groups -OCH3 is 1. The first-order chi connectivity index (χ1) is 13.7. The second-order valence-electron chi connectivity index (χ2n) is 6.82. The van der Waals surface area contributed by atoms with Crippen LogP contribution in [0, 0.1) is 0 Å². The van der Waals surface area contributed by atoms with Crippen LogP contribution in [0.1, 0.15) is 28.8 Å². The molecule has 1 saturated heterocycles. The first kappa shape index (κ1) is 18.0. The van der Waals surface area contributed by atoms with Gasteiger partial charge in [-0.1, -0.05) is 47.6 Å². The van der Waals surface area contributed by atoms with E-state index >= 15 is 0 Å². The highest BCUT2D eigenvalue weighted by Crippen LogP contribution is 2.38. The van der Waals surface area contributed by atoms with Gasteiger partial charge in [0.2, 0.25) is 6.39 Å². The zero-order chi connectivity index (χ0) is 19.3. The number of rotatable bonds is 5. The van der Waals surface area contributed by atoms with Gasteiger partial charge >= 0.3 is 6.03 Å². The maximum atomic E-state index is 12.8. The van der Waals surface area contributed by atoms with Gasteiger partial charge in [0, 0.05) is 31.5 Å². The Morgan fingerprint density at radius 1 is 1.14 bits per heavy atom. The van der Waals surface area contributed by atoms with Crippen molar-refractivity contribution in [2.45, 2.75) is 18.4 Å². The molecule has 1 aliphatic rings. The van der Waals surface area contributed by atoms with E-state index in [1.165, 1.54) is 12.0 Å². The van der Waals surface area contributed by atoms with Gasteiger partial charge in [-0.25, -0.2) is 4.79 Å². The fraction of sp³-hybridized carbons (Fsp3) is 0.286. The maximum Gasteiger partial charge on any atom is 0.317 e. The molecule has 7 nitrogen and oxygen atoms in total. The van der Waals surface area contributed by atoms with Crippen LogP contribution in [-0.2, 0) is 6.54 Å². The number of nitrogens with one attached hydrogen (secondary N) is 1. The van der Waals surface area contributed by atoms with Crippen molar-refractivity contribution in [2.24, 2.45) is 0 Å². The summed E-state index contributed by atoms with van der Waals surface area (Å²) in [6.45, 7) is 1.62. The lowest BCUT2D eigenvalue weighted by Crippen LogP contribution is -2.38. The third-order valence-corrected chi connectivity index (χ3v) is 5.15. The van der Waals surface area contributed by atoms with Gasteiger partial charge in [0.15, 0.2) is 5.82 Å². The molecule has 0 aliphatic carbocycles. The van der Waals surface area contributed by atoms with Gasteiger partial charge in [-0.15, -0.1) is 0 Å². The van der Waals surface area contributed by atoms with Crippen molar-refractivity contribution >= 4 is 6.03 Å². The summed E-state index contributed by atoms with van der Waals surface area (Å²) in [6, 6.07) is 17.7. The standard InChI is InChI=1S/C21H22N4O3/c1-27-17-9-7-15(8-10-17)11-22-21(26)25-12-18(16-5-3-2-4-6-16)19(13-25)20-23-14-28-24-20/h2-10,14,18-19H,11-13H2,1H3,(H,22,26)/t18-,19-/m0/s1. The molecule has 7 heteroatoms. The molecule has 144 valence electrons. The van der Waals surface area contributed by atoms with Gasteiger partial charge in [0.25, 0.3) is 0 Å². The molecule has 2 atom stereocenters. The van der Waals surface area contributed by atoms with E-state index < -0.39 is 0 Å². The van der Waals surface area contributed by atoms with Crippen molar-refractivity contribution in [3.05, 3.63) is 77.9 Å². The monoisotopic (exact) mass is 378 g/mol. The lowest BCUT2D eigenvalue weighted by Gasteiger charge is -2.17. The first-order valence-corrected chi connectivity index (χ1v) is 9.21. The molecule has 3 aromatic rings. The number of hydrogen-bond acceptors (Lipinski definition) is 5. The minimum absolute atomic E-state index is 0.00730. The Morgan fingerprint density at radius 3 is 2.57 bits per heavy atom. The van der Waals surface area contributed by atoms with Crippen LogP contribution in [0.3, 0.4) is 0 Å². The summed E-state index contributed by atoms with van der Waals surface area (Å²) in [5.74, 6) is 1.57.